The summed E-state index contributed by atoms with van der Waals surface area (Å²) in [7, 11) is 0. The van der Waals surface area contributed by atoms with Crippen LogP contribution < -0.4 is 4.90 Å². The number of carbonyl (C=O) groups is 2. The lowest BCUT2D eigenvalue weighted by Gasteiger charge is -2.22. The molecule has 0 aliphatic heterocycles. The summed E-state index contributed by atoms with van der Waals surface area (Å²) in [5, 5.41) is 0. The van der Waals surface area contributed by atoms with E-state index in [-0.39, 0.29) is 12.4 Å². The molecule has 0 N–H and O–H groups in total. The number of nitrogens with zero attached hydrogens (tertiary/aromatic N) is 1. The molecule has 0 spiro atoms. The molecule has 29 heavy (non-hydrogen) atoms. The molecular formula is C25H31NO3. The first-order valence-corrected chi connectivity index (χ1v) is 10.8. The number of esters is 1. The van der Waals surface area contributed by atoms with Crippen LogP contribution >= 0.6 is 0 Å². The Morgan fingerprint density at radius 1 is 0.862 bits per heavy atom. The van der Waals surface area contributed by atoms with Gasteiger partial charge in [0.05, 0.1) is 5.56 Å². The van der Waals surface area contributed by atoms with Gasteiger partial charge >= 0.3 is 5.97 Å². The number of benzene rings is 2. The zero-order valence-electron chi connectivity index (χ0n) is 17.5. The highest BCUT2D eigenvalue weighted by Crippen LogP contribution is 2.32. The van der Waals surface area contributed by atoms with Gasteiger partial charge in [0.2, 0.25) is 0 Å². The molecule has 1 aliphatic rings. The van der Waals surface area contributed by atoms with Crippen molar-refractivity contribution in [1.29, 1.82) is 0 Å². The van der Waals surface area contributed by atoms with Crippen LogP contribution in [0.25, 0.3) is 0 Å². The molecule has 1 fully saturated rings. The predicted octanol–water partition coefficient (Wildman–Crippen LogP) is 5.62. The van der Waals surface area contributed by atoms with Crippen LogP contribution in [0, 0.1) is 0 Å². The van der Waals surface area contributed by atoms with Crippen molar-refractivity contribution in [3.8, 4) is 0 Å². The maximum Gasteiger partial charge on any atom is 0.338 e. The average Bonchev–Trinajstić information content (AvgIpc) is 2.79. The molecule has 0 saturated heterocycles. The van der Waals surface area contributed by atoms with Gasteiger partial charge in [-0.25, -0.2) is 4.79 Å². The third-order valence-electron chi connectivity index (χ3n) is 5.88. The first-order valence-electron chi connectivity index (χ1n) is 10.8. The van der Waals surface area contributed by atoms with Crippen LogP contribution in [0.2, 0.25) is 0 Å². The molecule has 0 unspecified atom stereocenters. The lowest BCUT2D eigenvalue weighted by molar-refractivity contribution is 0.0475. The Hall–Kier alpha value is -2.62. The largest absolute Gasteiger partial charge is 0.454 e. The van der Waals surface area contributed by atoms with E-state index in [0.717, 1.165) is 18.8 Å². The molecule has 0 amide bonds. The Kier molecular flexibility index (Phi) is 7.45. The molecule has 3 rings (SSSR count). The second kappa shape index (κ2) is 10.2. The second-order valence-corrected chi connectivity index (χ2v) is 7.68. The molecule has 0 heterocycles. The number of Topliss-reactive ketones (excluding diaryl/α,β-unsaturated/α-hetero) is 1. The average molecular weight is 394 g/mol. The van der Waals surface area contributed by atoms with Crippen molar-refractivity contribution in [1.82, 2.24) is 0 Å². The van der Waals surface area contributed by atoms with Gasteiger partial charge in [0.25, 0.3) is 0 Å². The third kappa shape index (κ3) is 5.47. The van der Waals surface area contributed by atoms with Crippen molar-refractivity contribution in [2.24, 2.45) is 0 Å². The number of hydrogen-bond donors (Lipinski definition) is 0. The lowest BCUT2D eigenvalue weighted by atomic mass is 9.84. The molecule has 0 radical (unpaired) electrons. The summed E-state index contributed by atoms with van der Waals surface area (Å²) in [6.45, 7) is 5.78. The molecule has 2 aromatic rings. The molecule has 1 aliphatic carbocycles. The van der Waals surface area contributed by atoms with Crippen molar-refractivity contribution >= 4 is 17.4 Å². The van der Waals surface area contributed by atoms with Gasteiger partial charge in [-0.3, -0.25) is 4.79 Å². The molecule has 154 valence electrons. The van der Waals surface area contributed by atoms with Crippen LogP contribution in [0.3, 0.4) is 0 Å². The number of anilines is 1. The number of rotatable bonds is 8. The Bertz CT molecular complexity index is 801. The normalized spacial score (nSPS) is 14.4. The van der Waals surface area contributed by atoms with E-state index in [9.17, 15) is 9.59 Å². The van der Waals surface area contributed by atoms with E-state index in [1.54, 1.807) is 12.1 Å². The highest BCUT2D eigenvalue weighted by molar-refractivity contribution is 5.99. The van der Waals surface area contributed by atoms with E-state index >= 15 is 0 Å². The summed E-state index contributed by atoms with van der Waals surface area (Å²) < 4.78 is 5.24. The molecule has 2 aromatic carbocycles. The van der Waals surface area contributed by atoms with E-state index < -0.39 is 5.97 Å². The van der Waals surface area contributed by atoms with Gasteiger partial charge in [-0.15, -0.1) is 0 Å². The summed E-state index contributed by atoms with van der Waals surface area (Å²) in [5.41, 5.74) is 3.43. The Labute approximate surface area is 173 Å². The molecular weight excluding hydrogens is 362 g/mol. The van der Waals surface area contributed by atoms with E-state index in [2.05, 4.69) is 30.9 Å². The topological polar surface area (TPSA) is 46.6 Å². The van der Waals surface area contributed by atoms with Crippen molar-refractivity contribution in [2.75, 3.05) is 24.6 Å². The molecule has 0 bridgehead atoms. The summed E-state index contributed by atoms with van der Waals surface area (Å²) in [6.07, 6.45) is 6.38. The maximum atomic E-state index is 12.4. The zero-order chi connectivity index (χ0) is 20.6. The van der Waals surface area contributed by atoms with E-state index in [4.69, 9.17) is 4.74 Å². The number of ether oxygens (including phenoxy) is 1. The van der Waals surface area contributed by atoms with Crippen LogP contribution in [0.1, 0.15) is 78.1 Å². The summed E-state index contributed by atoms with van der Waals surface area (Å²) in [5.74, 6) is -0.0263. The van der Waals surface area contributed by atoms with Crippen LogP contribution in [-0.2, 0) is 4.74 Å². The minimum Gasteiger partial charge on any atom is -0.454 e. The first kappa shape index (κ1) is 21.1. The third-order valence-corrected chi connectivity index (χ3v) is 5.88. The van der Waals surface area contributed by atoms with E-state index in [1.807, 2.05) is 24.3 Å². The molecule has 0 atom stereocenters. The molecule has 0 aromatic heterocycles. The van der Waals surface area contributed by atoms with Crippen molar-refractivity contribution in [3.05, 3.63) is 65.2 Å². The van der Waals surface area contributed by atoms with Crippen LogP contribution in [0.5, 0.6) is 0 Å². The molecule has 1 saturated carbocycles. The summed E-state index contributed by atoms with van der Waals surface area (Å²) >= 11 is 0. The minimum absolute atomic E-state index is 0.173. The van der Waals surface area contributed by atoms with E-state index in [0.29, 0.717) is 17.0 Å². The molecule has 4 heteroatoms. The summed E-state index contributed by atoms with van der Waals surface area (Å²) in [4.78, 5) is 26.9. The quantitative estimate of drug-likeness (QED) is 0.431. The van der Waals surface area contributed by atoms with Gasteiger partial charge in [0.15, 0.2) is 12.4 Å². The smallest absolute Gasteiger partial charge is 0.338 e. The second-order valence-electron chi connectivity index (χ2n) is 7.68. The number of hydrogen-bond acceptors (Lipinski definition) is 4. The van der Waals surface area contributed by atoms with Crippen LogP contribution in [0.15, 0.2) is 48.5 Å². The number of carbonyl (C=O) groups excluding carboxylic acids is 2. The maximum absolute atomic E-state index is 12.4. The van der Waals surface area contributed by atoms with Gasteiger partial charge in [-0.05, 0) is 62.4 Å². The van der Waals surface area contributed by atoms with Gasteiger partial charge < -0.3 is 9.64 Å². The fraction of sp³-hybridized carbons (Fsp3) is 0.440. The first-order chi connectivity index (χ1) is 14.1. The standard InChI is InChI=1S/C25H31NO3/c1-3-26(4-2)23-16-14-22(15-17-23)25(28)29-18-24(27)21-12-10-20(11-13-21)19-8-6-5-7-9-19/h10-17,19H,3-9,18H2,1-2H3. The van der Waals surface area contributed by atoms with Gasteiger partial charge in [-0.1, -0.05) is 43.5 Å². The number of ketones is 1. The Morgan fingerprint density at radius 3 is 2.03 bits per heavy atom. The SMILES string of the molecule is CCN(CC)c1ccc(C(=O)OCC(=O)c2ccc(C3CCCCC3)cc2)cc1. The van der Waals surface area contributed by atoms with Gasteiger partial charge in [-0.2, -0.15) is 0 Å². The summed E-state index contributed by atoms with van der Waals surface area (Å²) in [6, 6.07) is 15.1. The molecule has 4 nitrogen and oxygen atoms in total. The fourth-order valence-corrected chi connectivity index (χ4v) is 4.07. The van der Waals surface area contributed by atoms with Crippen LogP contribution in [0.4, 0.5) is 5.69 Å². The Morgan fingerprint density at radius 2 is 1.45 bits per heavy atom. The highest BCUT2D eigenvalue weighted by Gasteiger charge is 2.17. The fourth-order valence-electron chi connectivity index (χ4n) is 4.07. The minimum atomic E-state index is -0.469. The Balaban J connectivity index is 1.53. The van der Waals surface area contributed by atoms with Crippen molar-refractivity contribution in [3.63, 3.8) is 0 Å². The zero-order valence-corrected chi connectivity index (χ0v) is 17.5. The van der Waals surface area contributed by atoms with Gasteiger partial charge in [0.1, 0.15) is 0 Å². The van der Waals surface area contributed by atoms with Crippen LogP contribution in [-0.4, -0.2) is 31.4 Å². The van der Waals surface area contributed by atoms with Crippen molar-refractivity contribution in [2.45, 2.75) is 51.9 Å². The monoisotopic (exact) mass is 393 g/mol. The highest BCUT2D eigenvalue weighted by atomic mass is 16.5. The lowest BCUT2D eigenvalue weighted by Crippen LogP contribution is -2.21. The van der Waals surface area contributed by atoms with Gasteiger partial charge in [0, 0.05) is 24.3 Å². The van der Waals surface area contributed by atoms with E-state index in [1.165, 1.54) is 37.7 Å². The predicted molar refractivity (Wildman–Crippen MR) is 117 cm³/mol. The van der Waals surface area contributed by atoms with Crippen molar-refractivity contribution < 1.29 is 14.3 Å².